The van der Waals surface area contributed by atoms with E-state index in [-0.39, 0.29) is 21.5 Å². The van der Waals surface area contributed by atoms with Gasteiger partial charge in [-0.1, -0.05) is 46.4 Å². The van der Waals surface area contributed by atoms with Gasteiger partial charge in [-0.05, 0) is 48.0 Å². The molecule has 0 aliphatic heterocycles. The van der Waals surface area contributed by atoms with Crippen LogP contribution < -0.4 is 9.47 Å². The molecule has 0 saturated carbocycles. The first-order valence-electron chi connectivity index (χ1n) is 5.79. The van der Waals surface area contributed by atoms with Gasteiger partial charge >= 0.3 is 11.5 Å². The molecule has 0 aliphatic carbocycles. The molecule has 0 spiro atoms. The smallest absolute Gasteiger partial charge is 0.316 e. The van der Waals surface area contributed by atoms with Gasteiger partial charge in [0.2, 0.25) is 0 Å². The summed E-state index contributed by atoms with van der Waals surface area (Å²) in [5, 5.41) is 0.389. The third-order valence-electron chi connectivity index (χ3n) is 2.44. The SMILES string of the molecule is O=C(Cl)C(Oc1ccc(Cl)cc1Cl)Oc1ccc(Cl)cc1Cl. The van der Waals surface area contributed by atoms with Gasteiger partial charge in [-0.15, -0.1) is 0 Å². The predicted octanol–water partition coefficient (Wildman–Crippen LogP) is 5.85. The lowest BCUT2D eigenvalue weighted by atomic mass is 10.3. The Kier molecular flexibility index (Phi) is 6.07. The molecule has 0 aromatic heterocycles. The van der Waals surface area contributed by atoms with Crippen molar-refractivity contribution in [1.82, 2.24) is 0 Å². The molecule has 0 atom stereocenters. The molecule has 2 rings (SSSR count). The van der Waals surface area contributed by atoms with Crippen LogP contribution in [0.5, 0.6) is 11.5 Å². The molecule has 3 nitrogen and oxygen atoms in total. The molecule has 0 unspecified atom stereocenters. The second kappa shape index (κ2) is 7.62. The first kappa shape index (κ1) is 17.5. The van der Waals surface area contributed by atoms with Crippen molar-refractivity contribution < 1.29 is 14.3 Å². The van der Waals surface area contributed by atoms with Crippen molar-refractivity contribution in [3.05, 3.63) is 56.5 Å². The molecule has 0 heterocycles. The average molecular weight is 400 g/mol. The molecule has 2 aromatic carbocycles. The van der Waals surface area contributed by atoms with Crippen LogP contribution in [0.25, 0.3) is 0 Å². The number of benzene rings is 2. The highest BCUT2D eigenvalue weighted by Crippen LogP contribution is 2.31. The van der Waals surface area contributed by atoms with Crippen molar-refractivity contribution in [2.75, 3.05) is 0 Å². The second-order valence-electron chi connectivity index (χ2n) is 4.02. The zero-order chi connectivity index (χ0) is 16.3. The van der Waals surface area contributed by atoms with Crippen LogP contribution in [0.2, 0.25) is 20.1 Å². The van der Waals surface area contributed by atoms with E-state index in [2.05, 4.69) is 0 Å². The third-order valence-corrected chi connectivity index (χ3v) is 3.68. The summed E-state index contributed by atoms with van der Waals surface area (Å²) < 4.78 is 10.7. The predicted molar refractivity (Wildman–Crippen MR) is 88.8 cm³/mol. The van der Waals surface area contributed by atoms with Crippen LogP contribution in [-0.4, -0.2) is 11.5 Å². The highest BCUT2D eigenvalue weighted by atomic mass is 35.5. The minimum absolute atomic E-state index is 0.190. The summed E-state index contributed by atoms with van der Waals surface area (Å²) in [5.41, 5.74) is 0. The minimum Gasteiger partial charge on any atom is -0.445 e. The lowest BCUT2D eigenvalue weighted by Crippen LogP contribution is -2.30. The fourth-order valence-electron chi connectivity index (χ4n) is 1.49. The number of halogens is 5. The van der Waals surface area contributed by atoms with Crippen LogP contribution in [0.4, 0.5) is 0 Å². The van der Waals surface area contributed by atoms with Crippen LogP contribution in [-0.2, 0) is 4.79 Å². The van der Waals surface area contributed by atoms with E-state index < -0.39 is 11.5 Å². The molecule has 0 radical (unpaired) electrons. The summed E-state index contributed by atoms with van der Waals surface area (Å²) in [5.74, 6) is 0.380. The Hall–Kier alpha value is -0.840. The molecule has 0 N–H and O–H groups in total. The van der Waals surface area contributed by atoms with E-state index in [1.807, 2.05) is 0 Å². The number of carbonyl (C=O) groups excluding carboxylic acids is 1. The topological polar surface area (TPSA) is 35.5 Å². The number of rotatable bonds is 5. The van der Waals surface area contributed by atoms with Gasteiger partial charge in [0.25, 0.3) is 0 Å². The van der Waals surface area contributed by atoms with Gasteiger partial charge in [-0.3, -0.25) is 4.79 Å². The molecule has 0 fully saturated rings. The van der Waals surface area contributed by atoms with Gasteiger partial charge in [0.1, 0.15) is 11.5 Å². The van der Waals surface area contributed by atoms with E-state index in [0.29, 0.717) is 10.0 Å². The van der Waals surface area contributed by atoms with Gasteiger partial charge in [0, 0.05) is 10.0 Å². The minimum atomic E-state index is -1.43. The summed E-state index contributed by atoms with van der Waals surface area (Å²) in [6.45, 7) is 0. The second-order valence-corrected chi connectivity index (χ2v) is 6.08. The quantitative estimate of drug-likeness (QED) is 0.467. The summed E-state index contributed by atoms with van der Waals surface area (Å²) in [7, 11) is 0. The first-order chi connectivity index (χ1) is 10.4. The zero-order valence-corrected chi connectivity index (χ0v) is 14.4. The van der Waals surface area contributed by atoms with E-state index in [9.17, 15) is 4.79 Å². The van der Waals surface area contributed by atoms with E-state index in [1.54, 1.807) is 12.1 Å². The molecule has 0 bridgehead atoms. The van der Waals surface area contributed by atoms with Crippen molar-refractivity contribution in [2.24, 2.45) is 0 Å². The largest absolute Gasteiger partial charge is 0.445 e. The van der Waals surface area contributed by atoms with Crippen molar-refractivity contribution in [2.45, 2.75) is 6.29 Å². The highest BCUT2D eigenvalue weighted by Gasteiger charge is 2.23. The van der Waals surface area contributed by atoms with E-state index in [4.69, 9.17) is 67.5 Å². The Balaban J connectivity index is 2.21. The van der Waals surface area contributed by atoms with Crippen molar-refractivity contribution in [3.8, 4) is 11.5 Å². The molecular weight excluding hydrogens is 393 g/mol. The van der Waals surface area contributed by atoms with Gasteiger partial charge < -0.3 is 9.47 Å². The molecule has 2 aromatic rings. The Morgan fingerprint density at radius 1 is 0.818 bits per heavy atom. The van der Waals surface area contributed by atoms with Crippen molar-refractivity contribution in [1.29, 1.82) is 0 Å². The average Bonchev–Trinajstić information content (AvgIpc) is 2.43. The third kappa shape index (κ3) is 4.58. The monoisotopic (exact) mass is 398 g/mol. The summed E-state index contributed by atoms with van der Waals surface area (Å²) >= 11 is 29.0. The molecule has 0 amide bonds. The normalized spacial score (nSPS) is 10.6. The standard InChI is InChI=1S/C14H7Cl5O3/c15-7-1-3-11(9(17)5-7)21-14(13(19)20)22-12-4-2-8(16)6-10(12)18/h1-6,14H. The molecular formula is C14H7Cl5O3. The van der Waals surface area contributed by atoms with Gasteiger partial charge in [0.05, 0.1) is 10.0 Å². The number of carbonyl (C=O) groups is 1. The maximum atomic E-state index is 11.5. The maximum absolute atomic E-state index is 11.5. The summed E-state index contributed by atoms with van der Waals surface area (Å²) in [4.78, 5) is 11.5. The fourth-order valence-corrected chi connectivity index (χ4v) is 2.48. The molecule has 0 saturated heterocycles. The maximum Gasteiger partial charge on any atom is 0.316 e. The lowest BCUT2D eigenvalue weighted by molar-refractivity contribution is -0.129. The Morgan fingerprint density at radius 3 is 1.55 bits per heavy atom. The summed E-state index contributed by atoms with van der Waals surface area (Å²) in [6, 6.07) is 9.00. The molecule has 116 valence electrons. The van der Waals surface area contributed by atoms with E-state index in [0.717, 1.165) is 0 Å². The Morgan fingerprint density at radius 2 is 1.23 bits per heavy atom. The van der Waals surface area contributed by atoms with Gasteiger partial charge in [0.15, 0.2) is 0 Å². The van der Waals surface area contributed by atoms with Crippen LogP contribution in [0.1, 0.15) is 0 Å². The number of hydrogen-bond acceptors (Lipinski definition) is 3. The number of ether oxygens (including phenoxy) is 2. The van der Waals surface area contributed by atoms with Crippen LogP contribution in [0.3, 0.4) is 0 Å². The molecule has 0 aliphatic rings. The lowest BCUT2D eigenvalue weighted by Gasteiger charge is -2.18. The van der Waals surface area contributed by atoms with E-state index >= 15 is 0 Å². The van der Waals surface area contributed by atoms with Crippen LogP contribution in [0, 0.1) is 0 Å². The number of hydrogen-bond donors (Lipinski definition) is 0. The zero-order valence-electron chi connectivity index (χ0n) is 10.7. The molecule has 22 heavy (non-hydrogen) atoms. The van der Waals surface area contributed by atoms with Crippen LogP contribution >= 0.6 is 58.0 Å². The van der Waals surface area contributed by atoms with E-state index in [1.165, 1.54) is 24.3 Å². The Bertz CT molecular complexity index is 651. The van der Waals surface area contributed by atoms with Gasteiger partial charge in [-0.2, -0.15) is 0 Å². The molecule has 8 heteroatoms. The van der Waals surface area contributed by atoms with Crippen LogP contribution in [0.15, 0.2) is 36.4 Å². The van der Waals surface area contributed by atoms with Gasteiger partial charge in [-0.25, -0.2) is 0 Å². The first-order valence-corrected chi connectivity index (χ1v) is 7.68. The fraction of sp³-hybridized carbons (Fsp3) is 0.0714. The summed E-state index contributed by atoms with van der Waals surface area (Å²) in [6.07, 6.45) is -1.43. The Labute approximate surface area is 151 Å². The van der Waals surface area contributed by atoms with Crippen molar-refractivity contribution in [3.63, 3.8) is 0 Å². The van der Waals surface area contributed by atoms with Crippen molar-refractivity contribution >= 4 is 63.2 Å². The highest BCUT2D eigenvalue weighted by molar-refractivity contribution is 6.64.